The number of rotatable bonds is 6. The lowest BCUT2D eigenvalue weighted by Gasteiger charge is -2.38. The summed E-state index contributed by atoms with van der Waals surface area (Å²) in [7, 11) is -8.43. The monoisotopic (exact) mass is 406 g/mol. The van der Waals surface area contributed by atoms with Crippen LogP contribution in [0, 0.1) is 17.8 Å². The van der Waals surface area contributed by atoms with Crippen LogP contribution in [0.2, 0.25) is 0 Å². The minimum Gasteiger partial charge on any atom is -0.436 e. The molecule has 150 valence electrons. The molecule has 2 saturated carbocycles. The van der Waals surface area contributed by atoms with Crippen LogP contribution in [0.5, 0.6) is 0 Å². The maximum atomic E-state index is 12.7. The molecule has 0 N–H and O–H groups in total. The van der Waals surface area contributed by atoms with Crippen molar-refractivity contribution in [3.8, 4) is 0 Å². The zero-order chi connectivity index (χ0) is 19.7. The number of Topliss-reactive ketones (excluding diaryl/α,β-unsaturated/α-hetero) is 2. The van der Waals surface area contributed by atoms with E-state index in [4.69, 9.17) is 0 Å². The molecule has 0 radical (unpaired) electrons. The van der Waals surface area contributed by atoms with Crippen LogP contribution >= 0.6 is 0 Å². The molecule has 2 unspecified atom stereocenters. The van der Waals surface area contributed by atoms with Crippen LogP contribution in [-0.4, -0.2) is 38.9 Å². The van der Waals surface area contributed by atoms with Gasteiger partial charge in [0.15, 0.2) is 0 Å². The van der Waals surface area contributed by atoms with Crippen molar-refractivity contribution >= 4 is 31.6 Å². The zero-order valence-electron chi connectivity index (χ0n) is 15.5. The maximum Gasteiger partial charge on any atom is 0.132 e. The number of hydrogen-bond acceptors (Lipinski definition) is 6. The molecule has 0 aliphatic heterocycles. The number of nitrogens with zero attached hydrogens (tertiary/aromatic N) is 1. The fourth-order valence-corrected chi connectivity index (χ4v) is 7.92. The highest BCUT2D eigenvalue weighted by molar-refractivity contribution is 8.12. The molecule has 2 atom stereocenters. The van der Waals surface area contributed by atoms with Gasteiger partial charge < -0.3 is 4.13 Å². The molecule has 2 aliphatic carbocycles. The molecule has 0 heterocycles. The van der Waals surface area contributed by atoms with Gasteiger partial charge in [-0.2, -0.15) is 0 Å². The summed E-state index contributed by atoms with van der Waals surface area (Å²) < 4.78 is 53.7. The number of hydrogen-bond donors (Lipinski definition) is 0. The van der Waals surface area contributed by atoms with E-state index in [0.29, 0.717) is 25.2 Å². The van der Waals surface area contributed by atoms with Crippen LogP contribution in [0.25, 0.3) is 4.13 Å². The summed E-state index contributed by atoms with van der Waals surface area (Å²) in [5, 5.41) is -1.86. The first kappa shape index (κ1) is 21.5. The van der Waals surface area contributed by atoms with Crippen LogP contribution in [0.15, 0.2) is 0 Å². The molecule has 26 heavy (non-hydrogen) atoms. The molecule has 0 saturated heterocycles. The molecule has 0 bridgehead atoms. The van der Waals surface area contributed by atoms with Crippen LogP contribution in [0.3, 0.4) is 0 Å². The first-order valence-corrected chi connectivity index (χ1v) is 12.2. The van der Waals surface area contributed by atoms with Crippen molar-refractivity contribution in [2.45, 2.75) is 76.2 Å². The normalized spacial score (nSPS) is 33.6. The summed E-state index contributed by atoms with van der Waals surface area (Å²) in [6.07, 6.45) is 2.69. The van der Waals surface area contributed by atoms with E-state index < -0.39 is 42.4 Å². The van der Waals surface area contributed by atoms with Gasteiger partial charge in [0.2, 0.25) is 0 Å². The van der Waals surface area contributed by atoms with E-state index in [9.17, 15) is 26.4 Å². The highest BCUT2D eigenvalue weighted by Crippen LogP contribution is 2.38. The minimum absolute atomic E-state index is 0.0299. The van der Waals surface area contributed by atoms with Crippen molar-refractivity contribution in [2.24, 2.45) is 17.8 Å². The Labute approximate surface area is 156 Å². The second-order valence-electron chi connectivity index (χ2n) is 7.93. The molecule has 7 nitrogen and oxygen atoms in total. The number of ketones is 2. The lowest BCUT2D eigenvalue weighted by Crippen LogP contribution is -2.38. The Morgan fingerprint density at radius 1 is 0.731 bits per heavy atom. The summed E-state index contributed by atoms with van der Waals surface area (Å²) >= 11 is 0. The predicted molar refractivity (Wildman–Crippen MR) is 98.6 cm³/mol. The molecular formula is C17H28NO6S2-. The van der Waals surface area contributed by atoms with Gasteiger partial charge in [-0.1, -0.05) is 6.92 Å². The third-order valence-corrected chi connectivity index (χ3v) is 10.0. The van der Waals surface area contributed by atoms with E-state index in [0.717, 1.165) is 12.8 Å². The van der Waals surface area contributed by atoms with E-state index in [1.807, 2.05) is 6.92 Å². The summed E-state index contributed by atoms with van der Waals surface area (Å²) in [4.78, 5) is 23.5. The smallest absolute Gasteiger partial charge is 0.132 e. The van der Waals surface area contributed by atoms with Gasteiger partial charge >= 0.3 is 0 Å². The standard InChI is InChI=1S/C17H28NO6S2/c1-11-4-6-16(7-5-11)25(21,22)18-26(23,24)17-9-14(12(2)19)8-15(10-17)13(3)20/h11,14-17H,4-10H2,1-3H3/q-1. The van der Waals surface area contributed by atoms with Crippen molar-refractivity contribution in [3.05, 3.63) is 4.13 Å². The fraction of sp³-hybridized carbons (Fsp3) is 0.882. The topological polar surface area (TPSA) is 117 Å². The van der Waals surface area contributed by atoms with Gasteiger partial charge in [-0.25, -0.2) is 16.8 Å². The van der Waals surface area contributed by atoms with Crippen LogP contribution in [0.1, 0.15) is 65.7 Å². The Kier molecular flexibility index (Phi) is 6.66. The fourth-order valence-electron chi connectivity index (χ4n) is 3.97. The second kappa shape index (κ2) is 8.06. The second-order valence-corrected chi connectivity index (χ2v) is 11.9. The third kappa shape index (κ3) is 5.13. The predicted octanol–water partition coefficient (Wildman–Crippen LogP) is 2.56. The van der Waals surface area contributed by atoms with E-state index in [2.05, 4.69) is 4.13 Å². The Bertz CT molecular complexity index is 728. The highest BCUT2D eigenvalue weighted by Gasteiger charge is 2.38. The lowest BCUT2D eigenvalue weighted by atomic mass is 9.78. The molecule has 0 aromatic heterocycles. The Hall–Kier alpha value is -0.800. The Morgan fingerprint density at radius 2 is 1.15 bits per heavy atom. The van der Waals surface area contributed by atoms with Crippen molar-refractivity contribution < 1.29 is 26.4 Å². The van der Waals surface area contributed by atoms with Gasteiger partial charge in [0.1, 0.15) is 11.6 Å². The molecule has 0 spiro atoms. The number of carbonyl (C=O) groups is 2. The van der Waals surface area contributed by atoms with Gasteiger partial charge in [-0.3, -0.25) is 9.59 Å². The number of sulfonamides is 2. The average molecular weight is 407 g/mol. The SMILES string of the molecule is CC(=O)C1CC(C(C)=O)CC(S(=O)(=O)[N-]S(=O)(=O)C2CCC(C)CC2)C1. The molecular weight excluding hydrogens is 378 g/mol. The summed E-state index contributed by atoms with van der Waals surface area (Å²) in [6.45, 7) is 4.78. The Morgan fingerprint density at radius 3 is 1.58 bits per heavy atom. The molecule has 9 heteroatoms. The Balaban J connectivity index is 2.17. The van der Waals surface area contributed by atoms with Crippen LogP contribution < -0.4 is 0 Å². The van der Waals surface area contributed by atoms with Crippen molar-refractivity contribution in [3.63, 3.8) is 0 Å². The quantitative estimate of drug-likeness (QED) is 0.669. The third-order valence-electron chi connectivity index (χ3n) is 5.83. The summed E-state index contributed by atoms with van der Waals surface area (Å²) in [5.74, 6) is -1.03. The van der Waals surface area contributed by atoms with Crippen molar-refractivity contribution in [1.82, 2.24) is 0 Å². The lowest BCUT2D eigenvalue weighted by molar-refractivity contribution is -0.125. The largest absolute Gasteiger partial charge is 0.436 e. The maximum absolute atomic E-state index is 12.7. The molecule has 0 amide bonds. The van der Waals surface area contributed by atoms with Gasteiger partial charge in [-0.05, 0) is 64.7 Å². The first-order valence-electron chi connectivity index (χ1n) is 9.15. The van der Waals surface area contributed by atoms with E-state index >= 15 is 0 Å². The van der Waals surface area contributed by atoms with Crippen molar-refractivity contribution in [1.29, 1.82) is 0 Å². The van der Waals surface area contributed by atoms with E-state index in [-0.39, 0.29) is 24.4 Å². The van der Waals surface area contributed by atoms with Gasteiger partial charge in [0, 0.05) is 22.3 Å². The van der Waals surface area contributed by atoms with Crippen LogP contribution in [-0.2, 0) is 29.6 Å². The number of carbonyl (C=O) groups excluding carboxylic acids is 2. The highest BCUT2D eigenvalue weighted by atomic mass is 32.3. The van der Waals surface area contributed by atoms with Crippen molar-refractivity contribution in [2.75, 3.05) is 0 Å². The molecule has 0 aromatic rings. The molecule has 2 fully saturated rings. The van der Waals surface area contributed by atoms with E-state index in [1.54, 1.807) is 0 Å². The van der Waals surface area contributed by atoms with E-state index in [1.165, 1.54) is 13.8 Å². The minimum atomic E-state index is -4.30. The average Bonchev–Trinajstić information content (AvgIpc) is 2.53. The molecule has 0 aromatic carbocycles. The van der Waals surface area contributed by atoms with Gasteiger partial charge in [0.05, 0.1) is 20.0 Å². The van der Waals surface area contributed by atoms with Gasteiger partial charge in [-0.15, -0.1) is 0 Å². The summed E-state index contributed by atoms with van der Waals surface area (Å²) in [5.41, 5.74) is 0. The molecule has 2 aliphatic rings. The summed E-state index contributed by atoms with van der Waals surface area (Å²) in [6, 6.07) is 0. The zero-order valence-corrected chi connectivity index (χ0v) is 17.2. The molecule has 2 rings (SSSR count). The van der Waals surface area contributed by atoms with Gasteiger partial charge in [0.25, 0.3) is 0 Å². The van der Waals surface area contributed by atoms with Crippen LogP contribution in [0.4, 0.5) is 0 Å². The first-order chi connectivity index (χ1) is 11.9.